The third kappa shape index (κ3) is 6.12. The van der Waals surface area contributed by atoms with Gasteiger partial charge in [0.15, 0.2) is 0 Å². The zero-order valence-corrected chi connectivity index (χ0v) is 15.7. The van der Waals surface area contributed by atoms with E-state index in [4.69, 9.17) is 4.74 Å². The lowest BCUT2D eigenvalue weighted by Crippen LogP contribution is -2.33. The van der Waals surface area contributed by atoms with Crippen LogP contribution in [0.2, 0.25) is 0 Å². The van der Waals surface area contributed by atoms with Gasteiger partial charge in [-0.1, -0.05) is 0 Å². The number of aryl methyl sites for hydroxylation is 1. The van der Waals surface area contributed by atoms with E-state index in [1.54, 1.807) is 34.0 Å². The molecule has 2 atom stereocenters. The number of halogens is 1. The van der Waals surface area contributed by atoms with Crippen LogP contribution in [-0.2, 0) is 27.9 Å². The Morgan fingerprint density at radius 1 is 1.55 bits per heavy atom. The molecule has 1 unspecified atom stereocenters. The van der Waals surface area contributed by atoms with E-state index in [1.165, 1.54) is 16.9 Å². The molecule has 1 aromatic rings. The van der Waals surface area contributed by atoms with Crippen molar-refractivity contribution in [1.82, 2.24) is 9.29 Å². The average molecular weight is 393 g/mol. The molecule has 0 aliphatic carbocycles. The predicted molar refractivity (Wildman–Crippen MR) is 89.8 cm³/mol. The van der Waals surface area contributed by atoms with Gasteiger partial charge in [0.2, 0.25) is 0 Å². The Hall–Kier alpha value is -0.830. The van der Waals surface area contributed by atoms with E-state index in [1.807, 2.05) is 0 Å². The molecule has 0 saturated carbocycles. The number of esters is 1. The van der Waals surface area contributed by atoms with E-state index in [-0.39, 0.29) is 12.0 Å². The first-order chi connectivity index (χ1) is 9.99. The highest BCUT2D eigenvalue weighted by Gasteiger charge is 2.26. The highest BCUT2D eigenvalue weighted by molar-refractivity contribution is 9.10. The summed E-state index contributed by atoms with van der Waals surface area (Å²) < 4.78 is 21.7. The van der Waals surface area contributed by atoms with E-state index in [0.717, 1.165) is 0 Å². The van der Waals surface area contributed by atoms with Crippen LogP contribution in [0.15, 0.2) is 21.5 Å². The second-order valence-electron chi connectivity index (χ2n) is 5.94. The summed E-state index contributed by atoms with van der Waals surface area (Å²) in [6, 6.07) is 0.836. The zero-order valence-electron chi connectivity index (χ0n) is 13.3. The lowest BCUT2D eigenvalue weighted by molar-refractivity contribution is -0.155. The van der Waals surface area contributed by atoms with Crippen molar-refractivity contribution in [2.45, 2.75) is 38.8 Å². The monoisotopic (exact) mass is 392 g/mol. The number of carbonyl (C=O) groups excluding carboxylic acids is 1. The lowest BCUT2D eigenvalue weighted by atomic mass is 10.1. The number of hydrogen-bond acceptors (Lipinski definition) is 5. The summed E-state index contributed by atoms with van der Waals surface area (Å²) in [5, 5.41) is 0. The molecule has 0 aliphatic rings. The largest absolute Gasteiger partial charge is 0.598 e. The molecule has 1 aromatic heterocycles. The fourth-order valence-electron chi connectivity index (χ4n) is 1.84. The van der Waals surface area contributed by atoms with E-state index >= 15 is 0 Å². The van der Waals surface area contributed by atoms with Gasteiger partial charge < -0.3 is 13.9 Å². The van der Waals surface area contributed by atoms with Crippen molar-refractivity contribution >= 4 is 33.3 Å². The molecule has 0 spiro atoms. The van der Waals surface area contributed by atoms with Gasteiger partial charge in [-0.05, 0) is 42.3 Å². The van der Waals surface area contributed by atoms with Crippen molar-refractivity contribution in [2.24, 2.45) is 7.05 Å². The number of pyridine rings is 1. The predicted octanol–water partition coefficient (Wildman–Crippen LogP) is 1.80. The van der Waals surface area contributed by atoms with E-state index in [9.17, 15) is 14.1 Å². The van der Waals surface area contributed by atoms with Crippen LogP contribution in [0.3, 0.4) is 0 Å². The number of nitrogens with zero attached hydrogens (tertiary/aromatic N) is 1. The average Bonchev–Trinajstić information content (AvgIpc) is 2.29. The van der Waals surface area contributed by atoms with Crippen molar-refractivity contribution in [2.75, 3.05) is 6.26 Å². The summed E-state index contributed by atoms with van der Waals surface area (Å²) in [5.41, 5.74) is -0.239. The topological polar surface area (TPSA) is 83.4 Å². The van der Waals surface area contributed by atoms with Crippen LogP contribution >= 0.6 is 15.9 Å². The maximum absolute atomic E-state index is 12.0. The molecule has 0 radical (unpaired) electrons. The van der Waals surface area contributed by atoms with Crippen LogP contribution in [0, 0.1) is 0 Å². The highest BCUT2D eigenvalue weighted by Crippen LogP contribution is 2.26. The van der Waals surface area contributed by atoms with E-state index in [2.05, 4.69) is 20.7 Å². The Morgan fingerprint density at radius 3 is 2.64 bits per heavy atom. The second-order valence-corrected chi connectivity index (χ2v) is 7.94. The van der Waals surface area contributed by atoms with Gasteiger partial charge in [0.25, 0.3) is 5.56 Å². The van der Waals surface area contributed by atoms with Gasteiger partial charge >= 0.3 is 5.97 Å². The summed E-state index contributed by atoms with van der Waals surface area (Å²) in [6.07, 6.45) is 3.06. The van der Waals surface area contributed by atoms with Gasteiger partial charge in [-0.25, -0.2) is 0 Å². The number of ether oxygens (including phenoxy) is 1. The van der Waals surface area contributed by atoms with Crippen LogP contribution in [0.25, 0.3) is 0 Å². The Kier molecular flexibility index (Phi) is 6.66. The molecule has 0 aromatic carbocycles. The molecular weight excluding hydrogens is 372 g/mol. The maximum Gasteiger partial charge on any atom is 0.308 e. The molecule has 0 aliphatic heterocycles. The molecule has 6 nitrogen and oxygen atoms in total. The first-order valence-electron chi connectivity index (χ1n) is 6.67. The van der Waals surface area contributed by atoms with Crippen LogP contribution in [0.5, 0.6) is 0 Å². The van der Waals surface area contributed by atoms with Crippen LogP contribution in [0.1, 0.15) is 38.8 Å². The first kappa shape index (κ1) is 19.2. The van der Waals surface area contributed by atoms with Gasteiger partial charge in [0.05, 0.1) is 12.5 Å². The molecular formula is C14H21BrN2O4S. The van der Waals surface area contributed by atoms with Crippen molar-refractivity contribution < 1.29 is 14.1 Å². The molecule has 1 heterocycles. The number of nitrogens with one attached hydrogen (secondary N) is 1. The minimum Gasteiger partial charge on any atom is -0.598 e. The fourth-order valence-corrected chi connectivity index (χ4v) is 3.15. The summed E-state index contributed by atoms with van der Waals surface area (Å²) >= 11 is 2.03. The molecule has 0 bridgehead atoms. The summed E-state index contributed by atoms with van der Waals surface area (Å²) in [5.74, 6) is -0.428. The number of carbonyl (C=O) groups is 1. The van der Waals surface area contributed by atoms with Crippen LogP contribution in [0.4, 0.5) is 0 Å². The molecule has 1 rings (SSSR count). The summed E-state index contributed by atoms with van der Waals surface area (Å²) in [7, 11) is 1.63. The maximum atomic E-state index is 12.0. The molecule has 22 heavy (non-hydrogen) atoms. The van der Waals surface area contributed by atoms with Gasteiger partial charge in [-0.3, -0.25) is 9.59 Å². The standard InChI is InChI=1S/C14H21BrN2O4S/c1-14(2,3)21-13(19)7-11(16-22(5)20)9-6-12(18)17(4)8-10(9)15/h6,8,11,16H,7H2,1-5H3/t11-,22?/m0/s1. The van der Waals surface area contributed by atoms with Gasteiger partial charge in [0, 0.05) is 35.1 Å². The first-order valence-corrected chi connectivity index (χ1v) is 9.02. The smallest absolute Gasteiger partial charge is 0.308 e. The van der Waals surface area contributed by atoms with Crippen molar-refractivity contribution in [3.05, 3.63) is 32.7 Å². The molecule has 0 amide bonds. The van der Waals surface area contributed by atoms with Crippen molar-refractivity contribution in [3.8, 4) is 0 Å². The summed E-state index contributed by atoms with van der Waals surface area (Å²) in [4.78, 5) is 23.8. The Balaban J connectivity index is 3.06. The van der Waals surface area contributed by atoms with Crippen LogP contribution in [-0.4, -0.2) is 26.9 Å². The third-order valence-electron chi connectivity index (χ3n) is 2.68. The lowest BCUT2D eigenvalue weighted by Gasteiger charge is -2.23. The molecule has 124 valence electrons. The van der Waals surface area contributed by atoms with Gasteiger partial charge in [-0.2, -0.15) is 0 Å². The van der Waals surface area contributed by atoms with E-state index < -0.39 is 29.0 Å². The van der Waals surface area contributed by atoms with Crippen molar-refractivity contribution in [1.29, 1.82) is 0 Å². The Morgan fingerprint density at radius 2 is 2.14 bits per heavy atom. The number of rotatable bonds is 5. The number of hydrogen-bond donors (Lipinski definition) is 1. The fraction of sp³-hybridized carbons (Fsp3) is 0.571. The van der Waals surface area contributed by atoms with E-state index in [0.29, 0.717) is 10.0 Å². The summed E-state index contributed by atoms with van der Waals surface area (Å²) in [6.45, 7) is 5.33. The number of aromatic nitrogens is 1. The van der Waals surface area contributed by atoms with Crippen LogP contribution < -0.4 is 10.3 Å². The van der Waals surface area contributed by atoms with Crippen molar-refractivity contribution in [3.63, 3.8) is 0 Å². The second kappa shape index (κ2) is 7.63. The van der Waals surface area contributed by atoms with Gasteiger partial charge in [-0.15, -0.1) is 4.72 Å². The highest BCUT2D eigenvalue weighted by atomic mass is 79.9. The SMILES string of the molecule is Cn1cc(Br)c([C@H](CC(=O)OC(C)(C)C)N[S+](C)[O-])cc1=O. The normalized spacial score (nSPS) is 14.5. The minimum atomic E-state index is -1.34. The molecule has 0 fully saturated rings. The molecule has 1 N–H and O–H groups in total. The third-order valence-corrected chi connectivity index (χ3v) is 3.96. The molecule has 0 saturated heterocycles. The Labute approximate surface area is 141 Å². The Bertz CT molecular complexity index is 595. The minimum absolute atomic E-state index is 0.0252. The quantitative estimate of drug-likeness (QED) is 0.609. The van der Waals surface area contributed by atoms with Gasteiger partial charge in [0.1, 0.15) is 11.9 Å². The molecule has 8 heteroatoms. The zero-order chi connectivity index (χ0) is 17.1.